The molecule has 30 heavy (non-hydrogen) atoms. The molecule has 0 aliphatic heterocycles. The van der Waals surface area contributed by atoms with Gasteiger partial charge in [0.05, 0.1) is 17.4 Å². The number of carbonyl (C=O) groups excluding carboxylic acids is 1. The van der Waals surface area contributed by atoms with Crippen molar-refractivity contribution in [2.75, 3.05) is 12.4 Å². The molecule has 4 aromatic heterocycles. The normalized spacial score (nSPS) is 11.0. The number of imidazole rings is 1. The van der Waals surface area contributed by atoms with E-state index < -0.39 is 11.7 Å². The number of nitrogens with one attached hydrogen (secondary N) is 1. The molecule has 0 unspecified atom stereocenters. The molecule has 0 atom stereocenters. The van der Waals surface area contributed by atoms with Crippen LogP contribution in [0.2, 0.25) is 0 Å². The zero-order valence-electron chi connectivity index (χ0n) is 16.1. The fourth-order valence-corrected chi connectivity index (χ4v) is 2.70. The second-order valence-corrected chi connectivity index (χ2v) is 5.94. The Hall–Kier alpha value is -3.82. The smallest absolute Gasteiger partial charge is 0.373 e. The van der Waals surface area contributed by atoms with Gasteiger partial charge in [-0.1, -0.05) is 6.07 Å². The predicted molar refractivity (Wildman–Crippen MR) is 106 cm³/mol. The van der Waals surface area contributed by atoms with Gasteiger partial charge in [0.1, 0.15) is 23.3 Å². The van der Waals surface area contributed by atoms with Gasteiger partial charge in [0.25, 0.3) is 0 Å². The zero-order chi connectivity index (χ0) is 21.7. The van der Waals surface area contributed by atoms with Crippen molar-refractivity contribution in [3.8, 4) is 17.2 Å². The largest absolute Gasteiger partial charge is 0.417 e. The number of aldehydes is 1. The van der Waals surface area contributed by atoms with Gasteiger partial charge in [0.15, 0.2) is 11.5 Å². The Balaban J connectivity index is 0.000000806. The molecule has 0 radical (unpaired) electrons. The Bertz CT molecular complexity index is 1140. The van der Waals surface area contributed by atoms with Gasteiger partial charge >= 0.3 is 6.18 Å². The molecule has 0 saturated heterocycles. The first-order valence-electron chi connectivity index (χ1n) is 8.80. The van der Waals surface area contributed by atoms with E-state index in [1.165, 1.54) is 6.92 Å². The van der Waals surface area contributed by atoms with Gasteiger partial charge in [0, 0.05) is 19.4 Å². The number of hydrogen-bond acceptors (Lipinski definition) is 6. The van der Waals surface area contributed by atoms with Gasteiger partial charge < -0.3 is 10.1 Å². The third-order valence-electron chi connectivity index (χ3n) is 3.98. The summed E-state index contributed by atoms with van der Waals surface area (Å²) in [6, 6.07) is 9.79. The molecule has 0 amide bonds. The molecule has 0 aliphatic carbocycles. The van der Waals surface area contributed by atoms with E-state index in [2.05, 4.69) is 25.3 Å². The van der Waals surface area contributed by atoms with E-state index in [0.29, 0.717) is 28.7 Å². The second kappa shape index (κ2) is 8.68. The van der Waals surface area contributed by atoms with Gasteiger partial charge in [-0.3, -0.25) is 9.55 Å². The van der Waals surface area contributed by atoms with Crippen LogP contribution >= 0.6 is 0 Å². The summed E-state index contributed by atoms with van der Waals surface area (Å²) in [5.74, 6) is 1.05. The summed E-state index contributed by atoms with van der Waals surface area (Å²) in [6.45, 7) is 1.44. The minimum atomic E-state index is -4.49. The molecule has 10 heteroatoms. The van der Waals surface area contributed by atoms with Crippen molar-refractivity contribution in [1.82, 2.24) is 24.5 Å². The Kier molecular flexibility index (Phi) is 6.05. The molecule has 4 rings (SSSR count). The number of anilines is 1. The molecular weight excluding hydrogens is 397 g/mol. The lowest BCUT2D eigenvalue weighted by atomic mass is 10.2. The maximum absolute atomic E-state index is 13.0. The number of alkyl halides is 3. The van der Waals surface area contributed by atoms with Gasteiger partial charge in [-0.2, -0.15) is 13.2 Å². The number of carbonyl (C=O) groups is 1. The Morgan fingerprint density at radius 1 is 1.07 bits per heavy atom. The summed E-state index contributed by atoms with van der Waals surface area (Å²) >= 11 is 0. The molecule has 7 nitrogen and oxygen atoms in total. The maximum atomic E-state index is 13.0. The molecule has 0 saturated carbocycles. The van der Waals surface area contributed by atoms with Crippen molar-refractivity contribution < 1.29 is 18.0 Å². The lowest BCUT2D eigenvalue weighted by Crippen LogP contribution is -2.06. The number of nitrogens with zero attached hydrogens (tertiary/aromatic N) is 5. The molecule has 0 aliphatic rings. The van der Waals surface area contributed by atoms with Crippen LogP contribution in [0.25, 0.3) is 28.4 Å². The first kappa shape index (κ1) is 20.9. The topological polar surface area (TPSA) is 85.6 Å². The molecule has 4 heterocycles. The van der Waals surface area contributed by atoms with Gasteiger partial charge in [-0.05, 0) is 37.3 Å². The minimum Gasteiger partial charge on any atom is -0.373 e. The number of aromatic nitrogens is 5. The van der Waals surface area contributed by atoms with E-state index >= 15 is 0 Å². The summed E-state index contributed by atoms with van der Waals surface area (Å²) in [6.07, 6.45) is 0.249. The van der Waals surface area contributed by atoms with E-state index in [9.17, 15) is 13.2 Å². The number of pyridine rings is 3. The number of rotatable bonds is 3. The SMILES string of the molecule is CC=O.CNc1ccc(-n2c(-c3ccccn3)nc3cc(C(F)(F)F)cnc32)cn1. The lowest BCUT2D eigenvalue weighted by molar-refractivity contribution is -0.137. The van der Waals surface area contributed by atoms with Crippen molar-refractivity contribution in [3.05, 3.63) is 60.6 Å². The van der Waals surface area contributed by atoms with Crippen LogP contribution < -0.4 is 5.32 Å². The predicted octanol–water partition coefficient (Wildman–Crippen LogP) is 4.14. The Morgan fingerprint density at radius 3 is 2.40 bits per heavy atom. The fourth-order valence-electron chi connectivity index (χ4n) is 2.70. The maximum Gasteiger partial charge on any atom is 0.417 e. The van der Waals surface area contributed by atoms with Crippen molar-refractivity contribution in [2.24, 2.45) is 0 Å². The standard InChI is InChI=1S/C18H13F3N6.C2H4O/c1-22-15-6-5-12(10-24-15)27-16-14(8-11(9-25-16)18(19,20)21)26-17(27)13-4-2-3-7-23-13;1-2-3/h2-10H,1H3,(H,22,24);2H,1H3. The summed E-state index contributed by atoms with van der Waals surface area (Å²) in [4.78, 5) is 25.7. The van der Waals surface area contributed by atoms with Crippen LogP contribution in [0, 0.1) is 0 Å². The molecule has 0 fully saturated rings. The Labute approximate surface area is 169 Å². The second-order valence-electron chi connectivity index (χ2n) is 5.94. The molecule has 0 aromatic carbocycles. The van der Waals surface area contributed by atoms with Crippen LogP contribution in [0.5, 0.6) is 0 Å². The number of halogens is 3. The van der Waals surface area contributed by atoms with Gasteiger partial charge in [-0.25, -0.2) is 15.0 Å². The highest BCUT2D eigenvalue weighted by Crippen LogP contribution is 2.32. The highest BCUT2D eigenvalue weighted by Gasteiger charge is 2.32. The van der Waals surface area contributed by atoms with Gasteiger partial charge in [0.2, 0.25) is 0 Å². The van der Waals surface area contributed by atoms with E-state index in [0.717, 1.165) is 18.5 Å². The van der Waals surface area contributed by atoms with Crippen LogP contribution in [0.3, 0.4) is 0 Å². The van der Waals surface area contributed by atoms with Crippen LogP contribution in [0.1, 0.15) is 12.5 Å². The fraction of sp³-hybridized carbons (Fsp3) is 0.150. The summed E-state index contributed by atoms with van der Waals surface area (Å²) < 4.78 is 40.8. The van der Waals surface area contributed by atoms with Crippen LogP contribution in [-0.4, -0.2) is 37.8 Å². The third-order valence-corrected chi connectivity index (χ3v) is 3.98. The number of hydrogen-bond donors (Lipinski definition) is 1. The molecule has 154 valence electrons. The van der Waals surface area contributed by atoms with Crippen LogP contribution in [0.4, 0.5) is 19.0 Å². The average Bonchev–Trinajstić information content (AvgIpc) is 3.13. The summed E-state index contributed by atoms with van der Waals surface area (Å²) in [5, 5.41) is 2.92. The van der Waals surface area contributed by atoms with E-state index in [-0.39, 0.29) is 5.52 Å². The quantitative estimate of drug-likeness (QED) is 0.507. The van der Waals surface area contributed by atoms with Crippen LogP contribution in [0.15, 0.2) is 55.0 Å². The lowest BCUT2D eigenvalue weighted by Gasteiger charge is -2.09. The first-order valence-corrected chi connectivity index (χ1v) is 8.80. The third kappa shape index (κ3) is 4.27. The highest BCUT2D eigenvalue weighted by molar-refractivity contribution is 5.79. The molecular formula is C20H17F3N6O. The van der Waals surface area contributed by atoms with E-state index in [4.69, 9.17) is 4.79 Å². The van der Waals surface area contributed by atoms with Crippen molar-refractivity contribution >= 4 is 23.3 Å². The number of fused-ring (bicyclic) bond motifs is 1. The van der Waals surface area contributed by atoms with Crippen LogP contribution in [-0.2, 0) is 11.0 Å². The van der Waals surface area contributed by atoms with E-state index in [1.807, 2.05) is 0 Å². The summed E-state index contributed by atoms with van der Waals surface area (Å²) in [7, 11) is 1.74. The first-order chi connectivity index (χ1) is 14.4. The minimum absolute atomic E-state index is 0.128. The highest BCUT2D eigenvalue weighted by atomic mass is 19.4. The summed E-state index contributed by atoms with van der Waals surface area (Å²) in [5.41, 5.74) is 0.702. The van der Waals surface area contributed by atoms with Gasteiger partial charge in [-0.15, -0.1) is 0 Å². The zero-order valence-corrected chi connectivity index (χ0v) is 16.1. The Morgan fingerprint density at radius 2 is 1.83 bits per heavy atom. The van der Waals surface area contributed by atoms with E-state index in [1.54, 1.807) is 54.3 Å². The van der Waals surface area contributed by atoms with Crippen molar-refractivity contribution in [1.29, 1.82) is 0 Å². The molecule has 0 bridgehead atoms. The van der Waals surface area contributed by atoms with Crippen molar-refractivity contribution in [2.45, 2.75) is 13.1 Å². The average molecular weight is 414 g/mol. The molecule has 0 spiro atoms. The monoisotopic (exact) mass is 414 g/mol. The molecule has 1 N–H and O–H groups in total. The molecule has 4 aromatic rings. The van der Waals surface area contributed by atoms with Crippen molar-refractivity contribution in [3.63, 3.8) is 0 Å².